The standard InChI is InChI=1S/C18H19F3N4O2S/c19-18(20,21)12-8-4-5-9-13(12)22-15(26)10-14-16(27)23-17(28-14)25-24-11-6-2-1-3-7-11/h4-5,8-9,14H,1-3,6-7,10H2,(H,22,26)(H,23,25,27)/t14-/m1/s1. The van der Waals surface area contributed by atoms with Gasteiger partial charge in [0.2, 0.25) is 11.8 Å². The molecule has 1 aliphatic carbocycles. The Labute approximate surface area is 164 Å². The Kier molecular flexibility index (Phi) is 6.38. The highest BCUT2D eigenvalue weighted by atomic mass is 32.2. The van der Waals surface area contributed by atoms with Crippen molar-refractivity contribution in [3.8, 4) is 0 Å². The minimum absolute atomic E-state index is 0.266. The number of carbonyl (C=O) groups is 2. The topological polar surface area (TPSA) is 82.9 Å². The van der Waals surface area contributed by atoms with E-state index in [0.29, 0.717) is 5.17 Å². The number of thioether (sulfide) groups is 1. The van der Waals surface area contributed by atoms with Crippen LogP contribution in [0.2, 0.25) is 0 Å². The summed E-state index contributed by atoms with van der Waals surface area (Å²) in [7, 11) is 0. The molecule has 0 bridgehead atoms. The van der Waals surface area contributed by atoms with Crippen molar-refractivity contribution in [1.29, 1.82) is 0 Å². The molecule has 6 nitrogen and oxygen atoms in total. The van der Waals surface area contributed by atoms with E-state index in [-0.39, 0.29) is 12.1 Å². The number of halogens is 3. The van der Waals surface area contributed by atoms with E-state index >= 15 is 0 Å². The minimum Gasteiger partial charge on any atom is -0.325 e. The van der Waals surface area contributed by atoms with Crippen LogP contribution in [0.5, 0.6) is 0 Å². The molecule has 3 rings (SSSR count). The van der Waals surface area contributed by atoms with Crippen molar-refractivity contribution >= 4 is 40.1 Å². The van der Waals surface area contributed by atoms with E-state index in [9.17, 15) is 22.8 Å². The van der Waals surface area contributed by atoms with Crippen molar-refractivity contribution < 1.29 is 22.8 Å². The summed E-state index contributed by atoms with van der Waals surface area (Å²) < 4.78 is 39.0. The predicted octanol–water partition coefficient (Wildman–Crippen LogP) is 3.94. The van der Waals surface area contributed by atoms with Crippen molar-refractivity contribution in [3.05, 3.63) is 29.8 Å². The van der Waals surface area contributed by atoms with Crippen molar-refractivity contribution in [2.75, 3.05) is 5.32 Å². The van der Waals surface area contributed by atoms with Crippen LogP contribution in [0.3, 0.4) is 0 Å². The number of alkyl halides is 3. The zero-order valence-electron chi connectivity index (χ0n) is 14.9. The van der Waals surface area contributed by atoms with Crippen molar-refractivity contribution in [1.82, 2.24) is 5.32 Å². The van der Waals surface area contributed by atoms with Crippen LogP contribution in [-0.2, 0) is 15.8 Å². The van der Waals surface area contributed by atoms with Crippen molar-refractivity contribution in [3.63, 3.8) is 0 Å². The van der Waals surface area contributed by atoms with Crippen LogP contribution in [0, 0.1) is 0 Å². The van der Waals surface area contributed by atoms with E-state index in [1.165, 1.54) is 24.6 Å². The number of anilines is 1. The molecular formula is C18H19F3N4O2S. The molecule has 28 heavy (non-hydrogen) atoms. The molecule has 0 radical (unpaired) electrons. The van der Waals surface area contributed by atoms with E-state index in [4.69, 9.17) is 0 Å². The third-order valence-corrected chi connectivity index (χ3v) is 5.44. The summed E-state index contributed by atoms with van der Waals surface area (Å²) in [5.74, 6) is -1.09. The third-order valence-electron chi connectivity index (χ3n) is 4.37. The average molecular weight is 412 g/mol. The molecule has 2 amide bonds. The first kappa shape index (κ1) is 20.4. The van der Waals surface area contributed by atoms with Gasteiger partial charge in [-0.15, -0.1) is 5.10 Å². The van der Waals surface area contributed by atoms with Crippen LogP contribution < -0.4 is 10.6 Å². The van der Waals surface area contributed by atoms with Crippen molar-refractivity contribution in [2.45, 2.75) is 50.0 Å². The van der Waals surface area contributed by atoms with Crippen molar-refractivity contribution in [2.24, 2.45) is 10.2 Å². The molecule has 2 fully saturated rings. The van der Waals surface area contributed by atoms with Gasteiger partial charge in [0.15, 0.2) is 5.17 Å². The van der Waals surface area contributed by atoms with E-state index in [0.717, 1.165) is 49.2 Å². The number of benzene rings is 1. The first-order valence-corrected chi connectivity index (χ1v) is 9.78. The number of amides is 2. The largest absolute Gasteiger partial charge is 0.418 e. The average Bonchev–Trinajstić information content (AvgIpc) is 3.00. The Bertz CT molecular complexity index is 815. The van der Waals surface area contributed by atoms with Gasteiger partial charge in [0.25, 0.3) is 0 Å². The van der Waals surface area contributed by atoms with Crippen LogP contribution in [0.4, 0.5) is 18.9 Å². The fraction of sp³-hybridized carbons (Fsp3) is 0.444. The van der Waals surface area contributed by atoms with Crippen LogP contribution in [0.15, 0.2) is 34.5 Å². The number of hydrogen-bond donors (Lipinski definition) is 2. The molecule has 1 aliphatic heterocycles. The summed E-state index contributed by atoms with van der Waals surface area (Å²) in [6.07, 6.45) is 0.256. The van der Waals surface area contributed by atoms with E-state index in [1.54, 1.807) is 0 Å². The normalized spacial score (nSPS) is 21.5. The van der Waals surface area contributed by atoms with Gasteiger partial charge in [-0.2, -0.15) is 18.3 Å². The molecule has 1 atom stereocenters. The van der Waals surface area contributed by atoms with Gasteiger partial charge >= 0.3 is 6.18 Å². The number of carbonyl (C=O) groups excluding carboxylic acids is 2. The molecule has 1 aromatic rings. The van der Waals surface area contributed by atoms with Gasteiger partial charge in [-0.3, -0.25) is 9.59 Å². The maximum absolute atomic E-state index is 13.0. The Morgan fingerprint density at radius 1 is 1.18 bits per heavy atom. The summed E-state index contributed by atoms with van der Waals surface area (Å²) in [5, 5.41) is 12.5. The minimum atomic E-state index is -4.58. The van der Waals surface area contributed by atoms with E-state index in [2.05, 4.69) is 20.8 Å². The lowest BCUT2D eigenvalue weighted by molar-refractivity contribution is -0.137. The second-order valence-electron chi connectivity index (χ2n) is 6.52. The summed E-state index contributed by atoms with van der Waals surface area (Å²) >= 11 is 1.06. The predicted molar refractivity (Wildman–Crippen MR) is 102 cm³/mol. The number of nitrogens with one attached hydrogen (secondary N) is 2. The van der Waals surface area contributed by atoms with Crippen LogP contribution in [0.25, 0.3) is 0 Å². The highest BCUT2D eigenvalue weighted by molar-refractivity contribution is 8.15. The lowest BCUT2D eigenvalue weighted by Crippen LogP contribution is -2.28. The lowest BCUT2D eigenvalue weighted by atomic mass is 9.99. The van der Waals surface area contributed by atoms with Gasteiger partial charge in [0.05, 0.1) is 11.3 Å². The van der Waals surface area contributed by atoms with Crippen LogP contribution in [-0.4, -0.2) is 27.9 Å². The summed E-state index contributed by atoms with van der Waals surface area (Å²) in [5.41, 5.74) is -0.281. The zero-order valence-corrected chi connectivity index (χ0v) is 15.7. The number of hydrogen-bond acceptors (Lipinski definition) is 5. The SMILES string of the molecule is O=C(C[C@H]1S/C(=N/N=C2CCCCC2)NC1=O)Nc1ccccc1C(F)(F)F. The molecule has 1 aromatic carbocycles. The molecule has 2 aliphatic rings. The summed E-state index contributed by atoms with van der Waals surface area (Å²) in [6.45, 7) is 0. The monoisotopic (exact) mass is 412 g/mol. The highest BCUT2D eigenvalue weighted by Gasteiger charge is 2.35. The number of amidine groups is 1. The highest BCUT2D eigenvalue weighted by Crippen LogP contribution is 2.34. The smallest absolute Gasteiger partial charge is 0.325 e. The molecule has 1 saturated carbocycles. The Morgan fingerprint density at radius 3 is 2.61 bits per heavy atom. The van der Waals surface area contributed by atoms with Gasteiger partial charge in [0, 0.05) is 12.1 Å². The van der Waals surface area contributed by atoms with Gasteiger partial charge < -0.3 is 10.6 Å². The van der Waals surface area contributed by atoms with Gasteiger partial charge in [-0.1, -0.05) is 30.3 Å². The Hall–Kier alpha value is -2.36. The van der Waals surface area contributed by atoms with Gasteiger partial charge in [0.1, 0.15) is 5.25 Å². The quantitative estimate of drug-likeness (QED) is 0.735. The van der Waals surface area contributed by atoms with Gasteiger partial charge in [-0.05, 0) is 37.8 Å². The molecule has 0 unspecified atom stereocenters. The molecule has 1 heterocycles. The Morgan fingerprint density at radius 2 is 1.89 bits per heavy atom. The molecule has 10 heteroatoms. The molecular weight excluding hydrogens is 393 g/mol. The molecule has 0 spiro atoms. The molecule has 2 N–H and O–H groups in total. The number of rotatable bonds is 4. The second-order valence-corrected chi connectivity index (χ2v) is 7.71. The first-order chi connectivity index (χ1) is 13.3. The van der Waals surface area contributed by atoms with Crippen LogP contribution >= 0.6 is 11.8 Å². The summed E-state index contributed by atoms with van der Waals surface area (Å²) in [4.78, 5) is 24.2. The van der Waals surface area contributed by atoms with E-state index in [1.807, 2.05) is 0 Å². The lowest BCUT2D eigenvalue weighted by Gasteiger charge is -2.14. The molecule has 0 aromatic heterocycles. The maximum atomic E-state index is 13.0. The zero-order chi connectivity index (χ0) is 20.1. The molecule has 1 saturated heterocycles. The van der Waals surface area contributed by atoms with Crippen LogP contribution in [0.1, 0.15) is 44.1 Å². The number of para-hydroxylation sites is 1. The van der Waals surface area contributed by atoms with E-state index < -0.39 is 28.8 Å². The third kappa shape index (κ3) is 5.34. The maximum Gasteiger partial charge on any atom is 0.418 e. The molecule has 150 valence electrons. The first-order valence-electron chi connectivity index (χ1n) is 8.90. The Balaban J connectivity index is 1.60. The fourth-order valence-corrected chi connectivity index (χ4v) is 3.89. The van der Waals surface area contributed by atoms with Gasteiger partial charge in [-0.25, -0.2) is 0 Å². The summed E-state index contributed by atoms with van der Waals surface area (Å²) in [6, 6.07) is 4.71. The second kappa shape index (κ2) is 8.76. The fourth-order valence-electron chi connectivity index (χ4n) is 2.97. The number of nitrogens with zero attached hydrogens (tertiary/aromatic N) is 2.